The first kappa shape index (κ1) is 13.7. The van der Waals surface area contributed by atoms with E-state index >= 15 is 0 Å². The predicted octanol–water partition coefficient (Wildman–Crippen LogP) is -1.32. The summed E-state index contributed by atoms with van der Waals surface area (Å²) in [4.78, 5) is 24.1. The molecule has 2 unspecified atom stereocenters. The highest BCUT2D eigenvalue weighted by Gasteiger charge is 2.22. The maximum atomic E-state index is 11.3. The number of nitrogens with one attached hydrogen (secondary N) is 2. The first-order valence-corrected chi connectivity index (χ1v) is 5.59. The lowest BCUT2D eigenvalue weighted by atomic mass is 10.1. The number of likely N-dealkylation sites (tertiary alicyclic amines) is 1. The first-order valence-electron chi connectivity index (χ1n) is 5.59. The van der Waals surface area contributed by atoms with Gasteiger partial charge in [0.1, 0.15) is 0 Å². The lowest BCUT2D eigenvalue weighted by Gasteiger charge is -2.15. The topological polar surface area (TPSA) is 102 Å². The molecule has 0 aromatic rings. The summed E-state index contributed by atoms with van der Waals surface area (Å²) in [5, 5.41) is 22.2. The molecule has 0 aliphatic carbocycles. The molecule has 2 amide bonds. The normalized spacial score (nSPS) is 22.1. The van der Waals surface area contributed by atoms with Gasteiger partial charge in [-0.3, -0.25) is 0 Å². The van der Waals surface area contributed by atoms with Crippen LogP contribution < -0.4 is 10.6 Å². The summed E-state index contributed by atoms with van der Waals surface area (Å²) in [6.45, 7) is 1.86. The van der Waals surface area contributed by atoms with E-state index in [1.165, 1.54) is 0 Å². The van der Waals surface area contributed by atoms with E-state index in [4.69, 9.17) is 10.2 Å². The molecule has 0 aromatic heterocycles. The number of carboxylic acids is 1. The summed E-state index contributed by atoms with van der Waals surface area (Å²) in [6, 6.07) is -1.80. The monoisotopic (exact) mass is 245 g/mol. The summed E-state index contributed by atoms with van der Waals surface area (Å²) >= 11 is 0. The van der Waals surface area contributed by atoms with Crippen LogP contribution in [0.4, 0.5) is 4.79 Å². The van der Waals surface area contributed by atoms with Gasteiger partial charge in [-0.15, -0.1) is 0 Å². The average molecular weight is 245 g/mol. The number of carbonyl (C=O) groups is 2. The Balaban J connectivity index is 2.23. The van der Waals surface area contributed by atoms with E-state index in [1.54, 1.807) is 0 Å². The zero-order chi connectivity index (χ0) is 12.8. The zero-order valence-corrected chi connectivity index (χ0v) is 9.85. The Morgan fingerprint density at radius 3 is 2.71 bits per heavy atom. The van der Waals surface area contributed by atoms with Gasteiger partial charge < -0.3 is 25.7 Å². The molecule has 0 saturated carbocycles. The van der Waals surface area contributed by atoms with E-state index in [-0.39, 0.29) is 0 Å². The summed E-state index contributed by atoms with van der Waals surface area (Å²) in [5.41, 5.74) is 0. The number of urea groups is 1. The molecule has 1 saturated heterocycles. The molecule has 2 atom stereocenters. The summed E-state index contributed by atoms with van der Waals surface area (Å²) in [6.07, 6.45) is 1.03. The third-order valence-electron chi connectivity index (χ3n) is 2.83. The molecule has 0 aromatic carbocycles. The largest absolute Gasteiger partial charge is 0.480 e. The number of aliphatic carboxylic acids is 1. The van der Waals surface area contributed by atoms with Gasteiger partial charge in [0.15, 0.2) is 6.04 Å². The van der Waals surface area contributed by atoms with Crippen LogP contribution in [0.5, 0.6) is 0 Å². The number of aliphatic hydroxyl groups excluding tert-OH is 1. The van der Waals surface area contributed by atoms with Crippen LogP contribution in [0.3, 0.4) is 0 Å². The van der Waals surface area contributed by atoms with Crippen molar-refractivity contribution in [1.29, 1.82) is 0 Å². The Bertz CT molecular complexity index is 285. The fourth-order valence-corrected chi connectivity index (χ4v) is 1.82. The second-order valence-corrected chi connectivity index (χ2v) is 4.34. The number of carbonyl (C=O) groups excluding carboxylic acids is 1. The molecular weight excluding hydrogens is 226 g/mol. The van der Waals surface area contributed by atoms with Crippen LogP contribution in [0.2, 0.25) is 0 Å². The van der Waals surface area contributed by atoms with Crippen LogP contribution >= 0.6 is 0 Å². The van der Waals surface area contributed by atoms with Crippen molar-refractivity contribution in [2.24, 2.45) is 5.92 Å². The Morgan fingerprint density at radius 1 is 1.53 bits per heavy atom. The molecule has 7 nitrogen and oxygen atoms in total. The standard InChI is InChI=1S/C10H19N3O4/c1-13-3-2-7(5-13)4-11-10(17)12-8(6-14)9(15)16/h7-8,14H,2-6H2,1H3,(H,15,16)(H2,11,12,17). The van der Waals surface area contributed by atoms with Crippen LogP contribution in [0, 0.1) is 5.92 Å². The van der Waals surface area contributed by atoms with Crippen molar-refractivity contribution >= 4 is 12.0 Å². The fraction of sp³-hybridized carbons (Fsp3) is 0.800. The molecule has 1 rings (SSSR count). The van der Waals surface area contributed by atoms with Crippen molar-refractivity contribution in [3.05, 3.63) is 0 Å². The second kappa shape index (κ2) is 6.41. The smallest absolute Gasteiger partial charge is 0.328 e. The third kappa shape index (κ3) is 4.58. The molecule has 1 aliphatic heterocycles. The highest BCUT2D eigenvalue weighted by Crippen LogP contribution is 2.12. The molecule has 98 valence electrons. The molecule has 1 aliphatic rings. The minimum absolute atomic E-state index is 0.406. The van der Waals surface area contributed by atoms with Crippen molar-refractivity contribution in [3.63, 3.8) is 0 Å². The van der Waals surface area contributed by atoms with Crippen molar-refractivity contribution in [1.82, 2.24) is 15.5 Å². The number of rotatable bonds is 5. The molecule has 0 spiro atoms. The van der Waals surface area contributed by atoms with E-state index in [1.807, 2.05) is 7.05 Å². The number of aliphatic hydroxyl groups is 1. The number of hydrogen-bond acceptors (Lipinski definition) is 4. The predicted molar refractivity (Wildman–Crippen MR) is 60.6 cm³/mol. The van der Waals surface area contributed by atoms with Gasteiger partial charge in [-0.1, -0.05) is 0 Å². The lowest BCUT2D eigenvalue weighted by molar-refractivity contribution is -0.140. The van der Waals surface area contributed by atoms with Crippen LogP contribution in [0.25, 0.3) is 0 Å². The van der Waals surface area contributed by atoms with Crippen molar-refractivity contribution in [2.75, 3.05) is 33.3 Å². The number of hydrogen-bond donors (Lipinski definition) is 4. The van der Waals surface area contributed by atoms with E-state index in [0.717, 1.165) is 19.5 Å². The second-order valence-electron chi connectivity index (χ2n) is 4.34. The SMILES string of the molecule is CN1CCC(CNC(=O)NC(CO)C(=O)O)C1. The van der Waals surface area contributed by atoms with Crippen LogP contribution in [0.1, 0.15) is 6.42 Å². The van der Waals surface area contributed by atoms with E-state index in [9.17, 15) is 9.59 Å². The number of carboxylic acid groups (broad SMARTS) is 1. The maximum absolute atomic E-state index is 11.3. The molecule has 4 N–H and O–H groups in total. The molecule has 17 heavy (non-hydrogen) atoms. The van der Waals surface area contributed by atoms with Gasteiger partial charge in [-0.2, -0.15) is 0 Å². The Hall–Kier alpha value is -1.34. The van der Waals surface area contributed by atoms with Gasteiger partial charge in [-0.25, -0.2) is 9.59 Å². The van der Waals surface area contributed by atoms with E-state index < -0.39 is 24.6 Å². The van der Waals surface area contributed by atoms with Crippen molar-refractivity contribution in [2.45, 2.75) is 12.5 Å². The summed E-state index contributed by atoms with van der Waals surface area (Å²) in [7, 11) is 2.02. The zero-order valence-electron chi connectivity index (χ0n) is 9.85. The van der Waals surface area contributed by atoms with Gasteiger partial charge in [0.05, 0.1) is 6.61 Å². The average Bonchev–Trinajstić information content (AvgIpc) is 2.68. The molecule has 7 heteroatoms. The van der Waals surface area contributed by atoms with Crippen molar-refractivity contribution in [3.8, 4) is 0 Å². The van der Waals surface area contributed by atoms with E-state index in [2.05, 4.69) is 15.5 Å². The van der Waals surface area contributed by atoms with Gasteiger partial charge >= 0.3 is 12.0 Å². The Labute approximate surface area is 99.8 Å². The van der Waals surface area contributed by atoms with Crippen LogP contribution in [-0.2, 0) is 4.79 Å². The first-order chi connectivity index (χ1) is 8.02. The Kier molecular flexibility index (Phi) is 5.17. The minimum atomic E-state index is -1.25. The fourth-order valence-electron chi connectivity index (χ4n) is 1.82. The molecule has 1 fully saturated rings. The maximum Gasteiger partial charge on any atom is 0.328 e. The Morgan fingerprint density at radius 2 is 2.24 bits per heavy atom. The van der Waals surface area contributed by atoms with Gasteiger partial charge in [0, 0.05) is 13.1 Å². The number of nitrogens with zero attached hydrogens (tertiary/aromatic N) is 1. The minimum Gasteiger partial charge on any atom is -0.480 e. The lowest BCUT2D eigenvalue weighted by Crippen LogP contribution is -2.48. The summed E-state index contributed by atoms with van der Waals surface area (Å²) < 4.78 is 0. The molecule has 0 bridgehead atoms. The van der Waals surface area contributed by atoms with Crippen LogP contribution in [-0.4, -0.2) is 66.4 Å². The molecule has 1 heterocycles. The van der Waals surface area contributed by atoms with E-state index in [0.29, 0.717) is 12.5 Å². The third-order valence-corrected chi connectivity index (χ3v) is 2.83. The van der Waals surface area contributed by atoms with Crippen molar-refractivity contribution < 1.29 is 19.8 Å². The summed E-state index contributed by atoms with van der Waals surface area (Å²) in [5.74, 6) is -0.841. The highest BCUT2D eigenvalue weighted by molar-refractivity contribution is 5.82. The quantitative estimate of drug-likeness (QED) is 0.481. The molecule has 0 radical (unpaired) electrons. The molecular formula is C10H19N3O4. The van der Waals surface area contributed by atoms with Gasteiger partial charge in [0.2, 0.25) is 0 Å². The van der Waals surface area contributed by atoms with Crippen LogP contribution in [0.15, 0.2) is 0 Å². The van der Waals surface area contributed by atoms with Gasteiger partial charge in [-0.05, 0) is 25.9 Å². The number of amides is 2. The highest BCUT2D eigenvalue weighted by atomic mass is 16.4. The van der Waals surface area contributed by atoms with Gasteiger partial charge in [0.25, 0.3) is 0 Å².